The van der Waals surface area contributed by atoms with Gasteiger partial charge < -0.3 is 21.1 Å². The van der Waals surface area contributed by atoms with Crippen LogP contribution in [0.1, 0.15) is 15.9 Å². The fourth-order valence-electron chi connectivity index (χ4n) is 2.05. The quantitative estimate of drug-likeness (QED) is 0.769. The van der Waals surface area contributed by atoms with E-state index in [2.05, 4.69) is 0 Å². The van der Waals surface area contributed by atoms with Crippen LogP contribution in [0.5, 0.6) is 0 Å². The number of rotatable bonds is 2. The topological polar surface area (TPSA) is 98.7 Å². The summed E-state index contributed by atoms with van der Waals surface area (Å²) in [5.41, 5.74) is 12.8. The van der Waals surface area contributed by atoms with E-state index >= 15 is 0 Å². The van der Waals surface area contributed by atoms with Crippen molar-refractivity contribution < 1.29 is 14.3 Å². The maximum atomic E-state index is 12.4. The highest BCUT2D eigenvalue weighted by Gasteiger charge is 2.28. The Labute approximate surface area is 123 Å². The van der Waals surface area contributed by atoms with Crippen molar-refractivity contribution >= 4 is 29.9 Å². The fourth-order valence-corrected chi connectivity index (χ4v) is 2.05. The second kappa shape index (κ2) is 6.58. The lowest BCUT2D eigenvalue weighted by Gasteiger charge is -2.31. The van der Waals surface area contributed by atoms with Crippen molar-refractivity contribution in [3.05, 3.63) is 29.3 Å². The molecule has 0 saturated carbocycles. The Morgan fingerprint density at radius 2 is 2.10 bits per heavy atom. The minimum absolute atomic E-state index is 0. The first kappa shape index (κ1) is 16.3. The monoisotopic (exact) mass is 299 g/mol. The van der Waals surface area contributed by atoms with Gasteiger partial charge in [0.05, 0.1) is 13.2 Å². The minimum atomic E-state index is -0.737. The van der Waals surface area contributed by atoms with Gasteiger partial charge in [-0.3, -0.25) is 9.59 Å². The molecule has 1 fully saturated rings. The predicted octanol–water partition coefficient (Wildman–Crippen LogP) is 0.325. The van der Waals surface area contributed by atoms with E-state index in [0.29, 0.717) is 24.4 Å². The third kappa shape index (κ3) is 3.40. The summed E-state index contributed by atoms with van der Waals surface area (Å²) in [6.45, 7) is 2.78. The molecule has 1 heterocycles. The second-order valence-electron chi connectivity index (χ2n) is 4.59. The van der Waals surface area contributed by atoms with Gasteiger partial charge in [-0.2, -0.15) is 0 Å². The first-order valence-corrected chi connectivity index (χ1v) is 6.05. The number of carbonyl (C=O) groups is 2. The number of amides is 2. The van der Waals surface area contributed by atoms with Crippen LogP contribution in [0.4, 0.5) is 5.69 Å². The summed E-state index contributed by atoms with van der Waals surface area (Å²) in [4.78, 5) is 25.1. The molecule has 1 aromatic rings. The van der Waals surface area contributed by atoms with E-state index in [1.165, 1.54) is 0 Å². The third-order valence-corrected chi connectivity index (χ3v) is 3.16. The van der Waals surface area contributed by atoms with Crippen molar-refractivity contribution in [2.24, 2.45) is 5.73 Å². The molecule has 7 heteroatoms. The number of halogens is 1. The zero-order valence-electron chi connectivity index (χ0n) is 11.2. The fraction of sp³-hybridized carbons (Fsp3) is 0.385. The first-order chi connectivity index (χ1) is 8.99. The summed E-state index contributed by atoms with van der Waals surface area (Å²) in [6.07, 6.45) is -0.737. The van der Waals surface area contributed by atoms with Crippen molar-refractivity contribution in [2.75, 3.05) is 25.4 Å². The molecule has 1 aliphatic heterocycles. The molecule has 6 nitrogen and oxygen atoms in total. The number of carbonyl (C=O) groups excluding carboxylic acids is 2. The molecular formula is C13H18ClN3O3. The number of anilines is 1. The van der Waals surface area contributed by atoms with Gasteiger partial charge in [-0.15, -0.1) is 12.4 Å². The zero-order chi connectivity index (χ0) is 14.0. The smallest absolute Gasteiger partial charge is 0.254 e. The molecular weight excluding hydrogens is 282 g/mol. The number of morpholine rings is 1. The molecule has 1 aromatic carbocycles. The second-order valence-corrected chi connectivity index (χ2v) is 4.59. The van der Waals surface area contributed by atoms with E-state index in [1.54, 1.807) is 23.1 Å². The lowest BCUT2D eigenvalue weighted by molar-refractivity contribution is -0.133. The average Bonchev–Trinajstić information content (AvgIpc) is 2.41. The molecule has 1 unspecified atom stereocenters. The molecule has 0 spiro atoms. The molecule has 0 aliphatic carbocycles. The van der Waals surface area contributed by atoms with Crippen molar-refractivity contribution in [3.8, 4) is 0 Å². The molecule has 20 heavy (non-hydrogen) atoms. The minimum Gasteiger partial charge on any atom is -0.399 e. The van der Waals surface area contributed by atoms with Crippen molar-refractivity contribution in [1.82, 2.24) is 4.90 Å². The van der Waals surface area contributed by atoms with Crippen LogP contribution in [0.25, 0.3) is 0 Å². The van der Waals surface area contributed by atoms with Crippen LogP contribution >= 0.6 is 12.4 Å². The number of nitrogens with two attached hydrogens (primary N) is 2. The van der Waals surface area contributed by atoms with E-state index in [0.717, 1.165) is 5.56 Å². The van der Waals surface area contributed by atoms with Crippen molar-refractivity contribution in [3.63, 3.8) is 0 Å². The SMILES string of the molecule is Cc1ccc(N)cc1C(=O)N1CCOC(C(N)=O)C1.Cl. The van der Waals surface area contributed by atoms with Gasteiger partial charge in [0.2, 0.25) is 5.91 Å². The van der Waals surface area contributed by atoms with Gasteiger partial charge in [0.1, 0.15) is 0 Å². The zero-order valence-corrected chi connectivity index (χ0v) is 12.0. The van der Waals surface area contributed by atoms with Gasteiger partial charge in [-0.1, -0.05) is 6.07 Å². The van der Waals surface area contributed by atoms with E-state index < -0.39 is 12.0 Å². The van der Waals surface area contributed by atoms with E-state index in [1.807, 2.05) is 6.92 Å². The van der Waals surface area contributed by atoms with Crippen LogP contribution in [0.15, 0.2) is 18.2 Å². The number of nitrogen functional groups attached to an aromatic ring is 1. The van der Waals surface area contributed by atoms with Gasteiger partial charge >= 0.3 is 0 Å². The maximum absolute atomic E-state index is 12.4. The van der Waals surface area contributed by atoms with E-state index in [4.69, 9.17) is 16.2 Å². The highest BCUT2D eigenvalue weighted by molar-refractivity contribution is 5.97. The van der Waals surface area contributed by atoms with Gasteiger partial charge in [0.15, 0.2) is 6.10 Å². The Morgan fingerprint density at radius 3 is 2.75 bits per heavy atom. The molecule has 1 aliphatic rings. The number of hydrogen-bond acceptors (Lipinski definition) is 4. The van der Waals surface area contributed by atoms with Gasteiger partial charge in [0, 0.05) is 17.8 Å². The average molecular weight is 300 g/mol. The number of benzene rings is 1. The van der Waals surface area contributed by atoms with Crippen LogP contribution in [-0.4, -0.2) is 42.5 Å². The number of hydrogen-bond donors (Lipinski definition) is 2. The van der Waals surface area contributed by atoms with Crippen LogP contribution in [0.2, 0.25) is 0 Å². The largest absolute Gasteiger partial charge is 0.399 e. The summed E-state index contributed by atoms with van der Waals surface area (Å²) in [7, 11) is 0. The predicted molar refractivity (Wildman–Crippen MR) is 77.7 cm³/mol. The lowest BCUT2D eigenvalue weighted by atomic mass is 10.1. The third-order valence-electron chi connectivity index (χ3n) is 3.16. The molecule has 110 valence electrons. The van der Waals surface area contributed by atoms with Gasteiger partial charge in [-0.05, 0) is 24.6 Å². The van der Waals surface area contributed by atoms with Crippen molar-refractivity contribution in [1.29, 1.82) is 0 Å². The van der Waals surface area contributed by atoms with Crippen LogP contribution < -0.4 is 11.5 Å². The molecule has 0 aromatic heterocycles. The number of ether oxygens (including phenoxy) is 1. The molecule has 1 saturated heterocycles. The molecule has 0 radical (unpaired) electrons. The molecule has 0 bridgehead atoms. The van der Waals surface area contributed by atoms with Gasteiger partial charge in [0.25, 0.3) is 5.91 Å². The van der Waals surface area contributed by atoms with Crippen LogP contribution in [-0.2, 0) is 9.53 Å². The summed E-state index contributed by atoms with van der Waals surface area (Å²) in [6, 6.07) is 5.19. The van der Waals surface area contributed by atoms with E-state index in [9.17, 15) is 9.59 Å². The Morgan fingerprint density at radius 1 is 1.40 bits per heavy atom. The molecule has 2 rings (SSSR count). The number of nitrogens with zero attached hydrogens (tertiary/aromatic N) is 1. The van der Waals surface area contributed by atoms with Crippen molar-refractivity contribution in [2.45, 2.75) is 13.0 Å². The summed E-state index contributed by atoms with van der Waals surface area (Å²) >= 11 is 0. The maximum Gasteiger partial charge on any atom is 0.254 e. The summed E-state index contributed by atoms with van der Waals surface area (Å²) in [5, 5.41) is 0. The molecule has 4 N–H and O–H groups in total. The standard InChI is InChI=1S/C13H17N3O3.ClH/c1-8-2-3-9(14)6-10(8)13(18)16-4-5-19-11(7-16)12(15)17;/h2-3,6,11H,4-5,7,14H2,1H3,(H2,15,17);1H. The van der Waals surface area contributed by atoms with Crippen LogP contribution in [0.3, 0.4) is 0 Å². The summed E-state index contributed by atoms with van der Waals surface area (Å²) < 4.78 is 5.22. The highest BCUT2D eigenvalue weighted by atomic mass is 35.5. The highest BCUT2D eigenvalue weighted by Crippen LogP contribution is 2.17. The normalized spacial score (nSPS) is 18.2. The Kier molecular flexibility index (Phi) is 5.35. The van der Waals surface area contributed by atoms with Crippen LogP contribution in [0, 0.1) is 6.92 Å². The Bertz CT molecular complexity index is 522. The van der Waals surface area contributed by atoms with Gasteiger partial charge in [-0.25, -0.2) is 0 Å². The Balaban J connectivity index is 0.00000200. The number of aryl methyl sites for hydroxylation is 1. The Hall–Kier alpha value is -1.79. The number of primary amides is 1. The summed E-state index contributed by atoms with van der Waals surface area (Å²) in [5.74, 6) is -0.707. The van der Waals surface area contributed by atoms with E-state index in [-0.39, 0.29) is 24.9 Å². The molecule has 1 atom stereocenters. The first-order valence-electron chi connectivity index (χ1n) is 6.05. The lowest BCUT2D eigenvalue weighted by Crippen LogP contribution is -2.50. The molecule has 2 amide bonds.